The zero-order valence-corrected chi connectivity index (χ0v) is 6.76. The molecule has 0 rings (SSSR count). The predicted molar refractivity (Wildman–Crippen MR) is 38.0 cm³/mol. The Morgan fingerprint density at radius 3 is 2.27 bits per heavy atom. The minimum absolute atomic E-state index is 0.158. The first kappa shape index (κ1) is 10.3. The quantitative estimate of drug-likeness (QED) is 0.499. The number of rotatable bonds is 4. The molecule has 0 heterocycles. The van der Waals surface area contributed by atoms with Crippen LogP contribution in [0.25, 0.3) is 0 Å². The largest absolute Gasteiger partial charge is 0.480 e. The molecule has 0 saturated carbocycles. The molecule has 0 fully saturated rings. The van der Waals surface area contributed by atoms with Crippen molar-refractivity contribution in [2.24, 2.45) is 5.14 Å². The fourth-order valence-corrected chi connectivity index (χ4v) is 1.17. The second kappa shape index (κ2) is 3.65. The van der Waals surface area contributed by atoms with Crippen molar-refractivity contribution in [2.75, 3.05) is 0 Å². The molecule has 0 aliphatic rings. The molecule has 0 aromatic carbocycles. The molecule has 0 aromatic rings. The van der Waals surface area contributed by atoms with Crippen LogP contribution in [0.1, 0.15) is 13.3 Å². The number of carboxylic acid groups (broad SMARTS) is 1. The standard InChI is InChI=1S/C4H10N2O4S/c1-2-3(4(7)8)6-11(5,9)10/h3,6H,2H2,1H3,(H,7,8)(H2,5,9,10)/t3-/m0/s1. The summed E-state index contributed by atoms with van der Waals surface area (Å²) in [7, 11) is -3.91. The molecule has 0 saturated heterocycles. The number of nitrogens with one attached hydrogen (secondary N) is 1. The fraction of sp³-hybridized carbons (Fsp3) is 0.750. The molecule has 4 N–H and O–H groups in total. The third-order valence-electron chi connectivity index (χ3n) is 1.01. The van der Waals surface area contributed by atoms with Gasteiger partial charge in [-0.2, -0.15) is 13.1 Å². The van der Waals surface area contributed by atoms with Crippen molar-refractivity contribution >= 4 is 16.2 Å². The van der Waals surface area contributed by atoms with Crippen LogP contribution in [-0.2, 0) is 15.0 Å². The van der Waals surface area contributed by atoms with Crippen LogP contribution in [0.3, 0.4) is 0 Å². The minimum Gasteiger partial charge on any atom is -0.480 e. The van der Waals surface area contributed by atoms with Crippen LogP contribution in [0.15, 0.2) is 0 Å². The summed E-state index contributed by atoms with van der Waals surface area (Å²) < 4.78 is 22.4. The van der Waals surface area contributed by atoms with E-state index in [0.717, 1.165) is 0 Å². The monoisotopic (exact) mass is 182 g/mol. The summed E-state index contributed by atoms with van der Waals surface area (Å²) >= 11 is 0. The van der Waals surface area contributed by atoms with Crippen LogP contribution in [0.2, 0.25) is 0 Å². The Morgan fingerprint density at radius 2 is 2.18 bits per heavy atom. The van der Waals surface area contributed by atoms with E-state index in [-0.39, 0.29) is 6.42 Å². The van der Waals surface area contributed by atoms with Crippen molar-refractivity contribution in [3.05, 3.63) is 0 Å². The third kappa shape index (κ3) is 4.71. The van der Waals surface area contributed by atoms with Gasteiger partial charge in [-0.25, -0.2) is 5.14 Å². The lowest BCUT2D eigenvalue weighted by Crippen LogP contribution is -2.43. The maximum Gasteiger partial charge on any atom is 0.321 e. The normalized spacial score (nSPS) is 14.4. The molecular formula is C4H10N2O4S. The number of nitrogens with two attached hydrogens (primary N) is 1. The lowest BCUT2D eigenvalue weighted by atomic mass is 10.2. The molecule has 0 radical (unpaired) electrons. The van der Waals surface area contributed by atoms with Gasteiger partial charge in [-0.1, -0.05) is 6.92 Å². The number of carboxylic acids is 1. The topological polar surface area (TPSA) is 109 Å². The summed E-state index contributed by atoms with van der Waals surface area (Å²) in [6.45, 7) is 1.54. The van der Waals surface area contributed by atoms with Gasteiger partial charge in [-0.15, -0.1) is 0 Å². The highest BCUT2D eigenvalue weighted by Gasteiger charge is 2.18. The fourth-order valence-electron chi connectivity index (χ4n) is 0.507. The van der Waals surface area contributed by atoms with Gasteiger partial charge in [-0.3, -0.25) is 4.79 Å². The average molecular weight is 182 g/mol. The minimum atomic E-state index is -3.91. The zero-order valence-electron chi connectivity index (χ0n) is 5.94. The van der Waals surface area contributed by atoms with Gasteiger partial charge in [0.05, 0.1) is 0 Å². The maximum absolute atomic E-state index is 10.3. The Bertz CT molecular complexity index is 234. The van der Waals surface area contributed by atoms with Crippen molar-refractivity contribution in [2.45, 2.75) is 19.4 Å². The van der Waals surface area contributed by atoms with Gasteiger partial charge in [0.1, 0.15) is 6.04 Å². The van der Waals surface area contributed by atoms with E-state index in [9.17, 15) is 13.2 Å². The van der Waals surface area contributed by atoms with Crippen LogP contribution in [0.4, 0.5) is 0 Å². The van der Waals surface area contributed by atoms with Crippen LogP contribution in [0.5, 0.6) is 0 Å². The first-order chi connectivity index (χ1) is 4.87. The number of carbonyl (C=O) groups is 1. The van der Waals surface area contributed by atoms with Gasteiger partial charge in [0.15, 0.2) is 0 Å². The van der Waals surface area contributed by atoms with Crippen molar-refractivity contribution in [1.82, 2.24) is 4.72 Å². The van der Waals surface area contributed by atoms with Gasteiger partial charge in [0.25, 0.3) is 10.2 Å². The molecule has 0 aliphatic carbocycles. The van der Waals surface area contributed by atoms with E-state index >= 15 is 0 Å². The smallest absolute Gasteiger partial charge is 0.321 e. The molecule has 0 spiro atoms. The van der Waals surface area contributed by atoms with Crippen LogP contribution >= 0.6 is 0 Å². The summed E-state index contributed by atoms with van der Waals surface area (Å²) in [6, 6.07) is -1.13. The van der Waals surface area contributed by atoms with Crippen LogP contribution in [0, 0.1) is 0 Å². The van der Waals surface area contributed by atoms with Crippen LogP contribution < -0.4 is 9.86 Å². The zero-order chi connectivity index (χ0) is 9.07. The van der Waals surface area contributed by atoms with E-state index in [2.05, 4.69) is 5.14 Å². The Balaban J connectivity index is 4.22. The van der Waals surface area contributed by atoms with Gasteiger partial charge in [0, 0.05) is 0 Å². The highest BCUT2D eigenvalue weighted by atomic mass is 32.2. The molecule has 0 bridgehead atoms. The SMILES string of the molecule is CC[C@H](NS(N)(=O)=O)C(=O)O. The Kier molecular flexibility index (Phi) is 3.43. The summed E-state index contributed by atoms with van der Waals surface area (Å²) in [6.07, 6.45) is 0.158. The molecular weight excluding hydrogens is 172 g/mol. The summed E-state index contributed by atoms with van der Waals surface area (Å²) in [5, 5.41) is 12.9. The molecule has 0 aliphatic heterocycles. The van der Waals surface area contributed by atoms with Gasteiger partial charge >= 0.3 is 5.97 Å². The molecule has 66 valence electrons. The van der Waals surface area contributed by atoms with E-state index in [1.54, 1.807) is 4.72 Å². The van der Waals surface area contributed by atoms with Gasteiger partial charge < -0.3 is 5.11 Å². The van der Waals surface area contributed by atoms with E-state index in [0.29, 0.717) is 0 Å². The van der Waals surface area contributed by atoms with Crippen molar-refractivity contribution in [1.29, 1.82) is 0 Å². The molecule has 0 aromatic heterocycles. The molecule has 7 heteroatoms. The maximum atomic E-state index is 10.3. The second-order valence-electron chi connectivity index (χ2n) is 1.96. The van der Waals surface area contributed by atoms with E-state index < -0.39 is 22.2 Å². The third-order valence-corrected chi connectivity index (χ3v) is 1.63. The molecule has 6 nitrogen and oxygen atoms in total. The second-order valence-corrected chi connectivity index (χ2v) is 3.29. The van der Waals surface area contributed by atoms with Gasteiger partial charge in [0.2, 0.25) is 0 Å². The number of hydrogen-bond acceptors (Lipinski definition) is 3. The molecule has 0 amide bonds. The highest BCUT2D eigenvalue weighted by Crippen LogP contribution is 1.90. The number of aliphatic carboxylic acids is 1. The Hall–Kier alpha value is -0.660. The van der Waals surface area contributed by atoms with E-state index in [1.807, 2.05) is 0 Å². The van der Waals surface area contributed by atoms with Crippen LogP contribution in [-0.4, -0.2) is 25.5 Å². The molecule has 11 heavy (non-hydrogen) atoms. The average Bonchev–Trinajstić information content (AvgIpc) is 1.80. The van der Waals surface area contributed by atoms with Crippen molar-refractivity contribution in [3.8, 4) is 0 Å². The molecule has 0 unspecified atom stereocenters. The van der Waals surface area contributed by atoms with E-state index in [1.165, 1.54) is 6.92 Å². The van der Waals surface area contributed by atoms with Crippen molar-refractivity contribution < 1.29 is 18.3 Å². The highest BCUT2D eigenvalue weighted by molar-refractivity contribution is 7.87. The Morgan fingerprint density at radius 1 is 1.73 bits per heavy atom. The lowest BCUT2D eigenvalue weighted by Gasteiger charge is -2.08. The van der Waals surface area contributed by atoms with Gasteiger partial charge in [-0.05, 0) is 6.42 Å². The summed E-state index contributed by atoms with van der Waals surface area (Å²) in [4.78, 5) is 10.2. The number of hydrogen-bond donors (Lipinski definition) is 3. The van der Waals surface area contributed by atoms with Crippen molar-refractivity contribution in [3.63, 3.8) is 0 Å². The van der Waals surface area contributed by atoms with E-state index in [4.69, 9.17) is 5.11 Å². The molecule has 1 atom stereocenters. The Labute approximate surface area is 64.6 Å². The first-order valence-corrected chi connectivity index (χ1v) is 4.44. The predicted octanol–water partition coefficient (Wildman–Crippen LogP) is -1.36. The summed E-state index contributed by atoms with van der Waals surface area (Å²) in [5.74, 6) is -1.23. The first-order valence-electron chi connectivity index (χ1n) is 2.89. The summed E-state index contributed by atoms with van der Waals surface area (Å²) in [5.41, 5.74) is 0. The lowest BCUT2D eigenvalue weighted by molar-refractivity contribution is -0.139.